The van der Waals surface area contributed by atoms with Gasteiger partial charge in [-0.25, -0.2) is 0 Å². The quantitative estimate of drug-likeness (QED) is 0.820. The average Bonchev–Trinajstić information content (AvgIpc) is 2.30. The molecule has 2 rings (SSSR count). The highest BCUT2D eigenvalue weighted by Gasteiger charge is 2.18. The summed E-state index contributed by atoms with van der Waals surface area (Å²) in [5.41, 5.74) is 7.48. The number of hydrogen-bond acceptors (Lipinski definition) is 1. The molecule has 0 radical (unpaired) electrons. The first-order chi connectivity index (χ1) is 7.84. The molecule has 0 heterocycles. The van der Waals surface area contributed by atoms with Gasteiger partial charge >= 0.3 is 0 Å². The van der Waals surface area contributed by atoms with Crippen molar-refractivity contribution in [2.45, 2.75) is 51.0 Å². The van der Waals surface area contributed by atoms with Crippen molar-refractivity contribution in [2.75, 3.05) is 0 Å². The van der Waals surface area contributed by atoms with Crippen molar-refractivity contribution in [1.29, 1.82) is 0 Å². The second kappa shape index (κ2) is 6.05. The molecule has 0 spiro atoms. The largest absolute Gasteiger partial charge is 0.328 e. The molecule has 1 nitrogen and oxygen atoms in total. The van der Waals surface area contributed by atoms with Crippen LogP contribution in [-0.2, 0) is 6.42 Å². The van der Waals surface area contributed by atoms with Crippen LogP contribution in [0.5, 0.6) is 0 Å². The van der Waals surface area contributed by atoms with E-state index in [0.717, 1.165) is 5.92 Å². The Bertz CT molecular complexity index is 294. The molecule has 0 aromatic heterocycles. The number of nitrogens with two attached hydrogens (primary N) is 1. The van der Waals surface area contributed by atoms with Crippen LogP contribution < -0.4 is 5.73 Å². The minimum absolute atomic E-state index is 0.482. The summed E-state index contributed by atoms with van der Waals surface area (Å²) < 4.78 is 0. The van der Waals surface area contributed by atoms with Crippen LogP contribution in [0.3, 0.4) is 0 Å². The lowest BCUT2D eigenvalue weighted by atomic mass is 9.83. The summed E-state index contributed by atoms with van der Waals surface area (Å²) in [7, 11) is 0. The predicted octanol–water partition coefficient (Wildman–Crippen LogP) is 3.53. The summed E-state index contributed by atoms with van der Waals surface area (Å²) in [6.07, 6.45) is 9.17. The van der Waals surface area contributed by atoms with Crippen molar-refractivity contribution in [3.8, 4) is 0 Å². The zero-order chi connectivity index (χ0) is 11.2. The Morgan fingerprint density at radius 2 is 1.94 bits per heavy atom. The Balaban J connectivity index is 1.68. The van der Waals surface area contributed by atoms with Gasteiger partial charge in [0, 0.05) is 6.04 Å². The summed E-state index contributed by atoms with van der Waals surface area (Å²) in [5.74, 6) is 0.896. The van der Waals surface area contributed by atoms with Gasteiger partial charge in [-0.15, -0.1) is 0 Å². The highest BCUT2D eigenvalue weighted by atomic mass is 14.6. The molecule has 1 saturated carbocycles. The van der Waals surface area contributed by atoms with E-state index in [1.807, 2.05) is 0 Å². The Hall–Kier alpha value is -0.820. The fraction of sp³-hybridized carbons (Fsp3) is 0.600. The van der Waals surface area contributed by atoms with Gasteiger partial charge in [-0.2, -0.15) is 0 Å². The molecule has 88 valence electrons. The monoisotopic (exact) mass is 217 g/mol. The molecule has 0 saturated heterocycles. The van der Waals surface area contributed by atoms with Crippen LogP contribution in [0.4, 0.5) is 0 Å². The van der Waals surface area contributed by atoms with E-state index < -0.39 is 0 Å². The van der Waals surface area contributed by atoms with Gasteiger partial charge in [0.15, 0.2) is 0 Å². The van der Waals surface area contributed by atoms with Crippen molar-refractivity contribution in [3.05, 3.63) is 35.9 Å². The van der Waals surface area contributed by atoms with E-state index in [9.17, 15) is 0 Å². The molecule has 2 atom stereocenters. The van der Waals surface area contributed by atoms with Crippen molar-refractivity contribution in [2.24, 2.45) is 11.7 Å². The zero-order valence-corrected chi connectivity index (χ0v) is 10.1. The summed E-state index contributed by atoms with van der Waals surface area (Å²) in [5, 5.41) is 0. The smallest absolute Gasteiger partial charge is 0.00414 e. The maximum absolute atomic E-state index is 6.01. The Morgan fingerprint density at radius 3 is 2.69 bits per heavy atom. The highest BCUT2D eigenvalue weighted by molar-refractivity contribution is 5.14. The molecule has 0 aliphatic heterocycles. The second-order valence-electron chi connectivity index (χ2n) is 5.17. The van der Waals surface area contributed by atoms with Crippen LogP contribution in [0.2, 0.25) is 0 Å². The Kier molecular flexibility index (Phi) is 4.41. The predicted molar refractivity (Wildman–Crippen MR) is 69.3 cm³/mol. The number of hydrogen-bond donors (Lipinski definition) is 1. The summed E-state index contributed by atoms with van der Waals surface area (Å²) in [4.78, 5) is 0. The van der Waals surface area contributed by atoms with Crippen LogP contribution in [0.25, 0.3) is 0 Å². The Labute approximate surface area is 99.0 Å². The molecule has 2 N–H and O–H groups in total. The van der Waals surface area contributed by atoms with Crippen LogP contribution >= 0.6 is 0 Å². The standard InChI is InChI=1S/C15H23N/c16-15-11-5-10-14(12-15)9-4-8-13-6-2-1-3-7-13/h1-3,6-7,14-15H,4-5,8-12,16H2. The lowest BCUT2D eigenvalue weighted by Gasteiger charge is -2.26. The van der Waals surface area contributed by atoms with Crippen LogP contribution in [0, 0.1) is 5.92 Å². The first-order valence-electron chi connectivity index (χ1n) is 6.64. The maximum Gasteiger partial charge on any atom is 0.00414 e. The molecule has 1 heteroatoms. The van der Waals surface area contributed by atoms with Crippen molar-refractivity contribution in [1.82, 2.24) is 0 Å². The van der Waals surface area contributed by atoms with Gasteiger partial charge in [0.25, 0.3) is 0 Å². The third kappa shape index (κ3) is 3.64. The van der Waals surface area contributed by atoms with Gasteiger partial charge in [0.2, 0.25) is 0 Å². The number of aryl methyl sites for hydroxylation is 1. The summed E-state index contributed by atoms with van der Waals surface area (Å²) in [6.45, 7) is 0. The SMILES string of the molecule is NC1CCCC(CCCc2ccccc2)C1. The number of benzene rings is 1. The van der Waals surface area contributed by atoms with E-state index in [0.29, 0.717) is 6.04 Å². The van der Waals surface area contributed by atoms with Gasteiger partial charge in [-0.3, -0.25) is 0 Å². The second-order valence-corrected chi connectivity index (χ2v) is 5.17. The van der Waals surface area contributed by atoms with Crippen LogP contribution in [0.1, 0.15) is 44.1 Å². The lowest BCUT2D eigenvalue weighted by molar-refractivity contribution is 0.301. The Morgan fingerprint density at radius 1 is 1.12 bits per heavy atom. The molecule has 1 fully saturated rings. The fourth-order valence-electron chi connectivity index (χ4n) is 2.83. The molecule has 2 unspecified atom stereocenters. The van der Waals surface area contributed by atoms with E-state index in [2.05, 4.69) is 30.3 Å². The van der Waals surface area contributed by atoms with Crippen LogP contribution in [-0.4, -0.2) is 6.04 Å². The molecule has 1 aromatic rings. The first kappa shape index (κ1) is 11.7. The summed E-state index contributed by atoms with van der Waals surface area (Å²) >= 11 is 0. The molecular formula is C15H23N. The van der Waals surface area contributed by atoms with E-state index in [-0.39, 0.29) is 0 Å². The summed E-state index contributed by atoms with van der Waals surface area (Å²) in [6, 6.07) is 11.3. The lowest BCUT2D eigenvalue weighted by Crippen LogP contribution is -2.27. The average molecular weight is 217 g/mol. The molecule has 0 bridgehead atoms. The highest BCUT2D eigenvalue weighted by Crippen LogP contribution is 2.27. The third-order valence-corrected chi connectivity index (χ3v) is 3.74. The fourth-order valence-corrected chi connectivity index (χ4v) is 2.83. The molecular weight excluding hydrogens is 194 g/mol. The van der Waals surface area contributed by atoms with Crippen molar-refractivity contribution < 1.29 is 0 Å². The molecule has 0 amide bonds. The van der Waals surface area contributed by atoms with Gasteiger partial charge in [-0.1, -0.05) is 49.6 Å². The van der Waals surface area contributed by atoms with Crippen LogP contribution in [0.15, 0.2) is 30.3 Å². The van der Waals surface area contributed by atoms with E-state index in [1.165, 1.54) is 50.5 Å². The number of rotatable bonds is 4. The maximum atomic E-state index is 6.01. The minimum Gasteiger partial charge on any atom is -0.328 e. The van der Waals surface area contributed by atoms with Gasteiger partial charge in [0.05, 0.1) is 0 Å². The topological polar surface area (TPSA) is 26.0 Å². The van der Waals surface area contributed by atoms with Crippen molar-refractivity contribution in [3.63, 3.8) is 0 Å². The normalized spacial score (nSPS) is 25.6. The zero-order valence-electron chi connectivity index (χ0n) is 10.1. The minimum atomic E-state index is 0.482. The van der Waals surface area contributed by atoms with E-state index >= 15 is 0 Å². The third-order valence-electron chi connectivity index (χ3n) is 3.74. The molecule has 1 aliphatic rings. The van der Waals surface area contributed by atoms with Gasteiger partial charge in [0.1, 0.15) is 0 Å². The molecule has 1 aliphatic carbocycles. The van der Waals surface area contributed by atoms with E-state index in [1.54, 1.807) is 0 Å². The molecule has 16 heavy (non-hydrogen) atoms. The van der Waals surface area contributed by atoms with E-state index in [4.69, 9.17) is 5.73 Å². The first-order valence-corrected chi connectivity index (χ1v) is 6.64. The van der Waals surface area contributed by atoms with Crippen molar-refractivity contribution >= 4 is 0 Å². The van der Waals surface area contributed by atoms with Gasteiger partial charge in [-0.05, 0) is 37.2 Å². The molecule has 1 aromatic carbocycles. The van der Waals surface area contributed by atoms with Gasteiger partial charge < -0.3 is 5.73 Å².